The Balaban J connectivity index is 0.00000119. The van der Waals surface area contributed by atoms with Gasteiger partial charge in [0.05, 0.1) is 11.3 Å². The molecule has 4 heterocycles. The van der Waals surface area contributed by atoms with Crippen molar-refractivity contribution in [2.24, 2.45) is 0 Å². The Labute approximate surface area is 190 Å². The SMILES string of the molecule is CC.CCc1nc(-c2nc(N)c3c(n2)NC(=O)C3(C)c2ccc(Cl)cc2)cn2ccnc12. The van der Waals surface area contributed by atoms with E-state index < -0.39 is 5.41 Å². The molecule has 4 aromatic rings. The fourth-order valence-corrected chi connectivity index (χ4v) is 4.05. The van der Waals surface area contributed by atoms with Crippen LogP contribution in [0.3, 0.4) is 0 Å². The van der Waals surface area contributed by atoms with Gasteiger partial charge in [0.2, 0.25) is 5.91 Å². The molecule has 1 amide bonds. The highest BCUT2D eigenvalue weighted by molar-refractivity contribution is 6.30. The molecule has 3 aromatic heterocycles. The molecule has 8 nitrogen and oxygen atoms in total. The molecule has 0 aliphatic carbocycles. The van der Waals surface area contributed by atoms with Gasteiger partial charge in [-0.2, -0.15) is 0 Å². The minimum absolute atomic E-state index is 0.217. The van der Waals surface area contributed by atoms with E-state index in [0.717, 1.165) is 16.9 Å². The van der Waals surface area contributed by atoms with Crippen LogP contribution in [-0.4, -0.2) is 30.2 Å². The molecule has 9 heteroatoms. The van der Waals surface area contributed by atoms with Crippen molar-refractivity contribution in [3.8, 4) is 11.5 Å². The number of hydrogen-bond donors (Lipinski definition) is 2. The maximum absolute atomic E-state index is 13.0. The summed E-state index contributed by atoms with van der Waals surface area (Å²) >= 11 is 6.01. The van der Waals surface area contributed by atoms with Crippen molar-refractivity contribution in [1.29, 1.82) is 0 Å². The van der Waals surface area contributed by atoms with Gasteiger partial charge in [-0.15, -0.1) is 0 Å². The second-order valence-corrected chi connectivity index (χ2v) is 7.76. The molecule has 1 atom stereocenters. The van der Waals surface area contributed by atoms with Gasteiger partial charge in [-0.3, -0.25) is 4.79 Å². The highest BCUT2D eigenvalue weighted by Crippen LogP contribution is 2.45. The Morgan fingerprint density at radius 1 is 1.16 bits per heavy atom. The molecule has 0 bridgehead atoms. The maximum atomic E-state index is 13.0. The van der Waals surface area contributed by atoms with Crippen LogP contribution in [0.4, 0.5) is 11.6 Å². The zero-order valence-corrected chi connectivity index (χ0v) is 19.1. The van der Waals surface area contributed by atoms with Crippen LogP contribution >= 0.6 is 11.6 Å². The van der Waals surface area contributed by atoms with E-state index in [0.29, 0.717) is 34.3 Å². The molecule has 0 fully saturated rings. The van der Waals surface area contributed by atoms with E-state index in [1.807, 2.05) is 50.4 Å². The van der Waals surface area contributed by atoms with E-state index in [-0.39, 0.29) is 11.7 Å². The van der Waals surface area contributed by atoms with Crippen LogP contribution in [0.2, 0.25) is 5.02 Å². The van der Waals surface area contributed by atoms with Crippen molar-refractivity contribution in [1.82, 2.24) is 24.3 Å². The molecule has 1 aliphatic rings. The average Bonchev–Trinajstić information content (AvgIpc) is 3.38. The van der Waals surface area contributed by atoms with Gasteiger partial charge in [0.1, 0.15) is 22.7 Å². The van der Waals surface area contributed by atoms with Crippen molar-refractivity contribution in [3.63, 3.8) is 0 Å². The molecule has 0 saturated heterocycles. The summed E-state index contributed by atoms with van der Waals surface area (Å²) in [5, 5.41) is 3.45. The van der Waals surface area contributed by atoms with Gasteiger partial charge in [-0.25, -0.2) is 19.9 Å². The quantitative estimate of drug-likeness (QED) is 0.483. The smallest absolute Gasteiger partial charge is 0.240 e. The van der Waals surface area contributed by atoms with Crippen LogP contribution in [0.15, 0.2) is 42.9 Å². The summed E-state index contributed by atoms with van der Waals surface area (Å²) in [4.78, 5) is 31.1. The van der Waals surface area contributed by atoms with Crippen LogP contribution in [0.5, 0.6) is 0 Å². The number of nitrogens with two attached hydrogens (primary N) is 1. The molecule has 0 radical (unpaired) electrons. The number of halogens is 1. The lowest BCUT2D eigenvalue weighted by Crippen LogP contribution is -2.32. The summed E-state index contributed by atoms with van der Waals surface area (Å²) < 4.78 is 1.88. The Morgan fingerprint density at radius 2 is 1.88 bits per heavy atom. The number of carbonyl (C=O) groups is 1. The van der Waals surface area contributed by atoms with Crippen molar-refractivity contribution < 1.29 is 4.79 Å². The van der Waals surface area contributed by atoms with Crippen molar-refractivity contribution in [2.45, 2.75) is 39.5 Å². The summed E-state index contributed by atoms with van der Waals surface area (Å²) in [5.74, 6) is 0.754. The van der Waals surface area contributed by atoms with Crippen molar-refractivity contribution in [3.05, 3.63) is 64.7 Å². The van der Waals surface area contributed by atoms with E-state index in [9.17, 15) is 4.79 Å². The Morgan fingerprint density at radius 3 is 2.56 bits per heavy atom. The first-order valence-corrected chi connectivity index (χ1v) is 10.9. The summed E-state index contributed by atoms with van der Waals surface area (Å²) in [5.41, 5.74) is 8.84. The van der Waals surface area contributed by atoms with Gasteiger partial charge in [-0.05, 0) is 31.0 Å². The maximum Gasteiger partial charge on any atom is 0.240 e. The zero-order chi connectivity index (χ0) is 23.0. The lowest BCUT2D eigenvalue weighted by Gasteiger charge is -2.23. The first-order valence-electron chi connectivity index (χ1n) is 10.5. The number of nitrogens with zero attached hydrogens (tertiary/aromatic N) is 5. The molecule has 1 aliphatic heterocycles. The third kappa shape index (κ3) is 3.27. The van der Waals surface area contributed by atoms with E-state index >= 15 is 0 Å². The van der Waals surface area contributed by atoms with Crippen LogP contribution in [0.1, 0.15) is 44.5 Å². The summed E-state index contributed by atoms with van der Waals surface area (Å²) in [6, 6.07) is 7.11. The summed E-state index contributed by atoms with van der Waals surface area (Å²) in [7, 11) is 0. The van der Waals surface area contributed by atoms with Gasteiger partial charge >= 0.3 is 0 Å². The standard InChI is InChI=1S/C21H18ClN7O.C2H6/c1-3-13-19-24-8-9-29(19)10-14(25-13)17-26-16(23)15-18(27-17)28-20(30)21(15,2)11-4-6-12(22)7-5-11;1-2/h4-10H,3H2,1-2H3,(H3,23,26,27,28,30);1-2H3. The lowest BCUT2D eigenvalue weighted by molar-refractivity contribution is -0.119. The number of aryl methyl sites for hydroxylation is 1. The van der Waals surface area contributed by atoms with Gasteiger partial charge in [0, 0.05) is 23.6 Å². The Bertz CT molecular complexity index is 1320. The van der Waals surface area contributed by atoms with Crippen LogP contribution in [-0.2, 0) is 16.6 Å². The molecule has 3 N–H and O–H groups in total. The number of fused-ring (bicyclic) bond motifs is 2. The van der Waals surface area contributed by atoms with Crippen LogP contribution in [0, 0.1) is 0 Å². The Kier molecular flexibility index (Phi) is 5.56. The molecule has 32 heavy (non-hydrogen) atoms. The minimum atomic E-state index is -1.02. The zero-order valence-electron chi connectivity index (χ0n) is 18.3. The summed E-state index contributed by atoms with van der Waals surface area (Å²) in [6.07, 6.45) is 6.07. The molecule has 0 saturated carbocycles. The third-order valence-corrected chi connectivity index (χ3v) is 5.80. The second-order valence-electron chi connectivity index (χ2n) is 7.33. The van der Waals surface area contributed by atoms with E-state index in [1.165, 1.54) is 0 Å². The highest BCUT2D eigenvalue weighted by Gasteiger charge is 2.47. The van der Waals surface area contributed by atoms with Gasteiger partial charge in [-0.1, -0.05) is 44.5 Å². The number of imidazole rings is 1. The number of aromatic nitrogens is 5. The molecule has 164 valence electrons. The molecule has 5 rings (SSSR count). The number of benzene rings is 1. The van der Waals surface area contributed by atoms with E-state index in [1.54, 1.807) is 24.5 Å². The average molecular weight is 450 g/mol. The van der Waals surface area contributed by atoms with Gasteiger partial charge in [0.25, 0.3) is 0 Å². The van der Waals surface area contributed by atoms with Crippen LogP contribution in [0.25, 0.3) is 17.2 Å². The molecule has 0 spiro atoms. The van der Waals surface area contributed by atoms with Gasteiger partial charge < -0.3 is 15.5 Å². The van der Waals surface area contributed by atoms with Gasteiger partial charge in [0.15, 0.2) is 11.5 Å². The van der Waals surface area contributed by atoms with Crippen LogP contribution < -0.4 is 11.1 Å². The number of anilines is 2. The molecular formula is C23H24ClN7O. The lowest BCUT2D eigenvalue weighted by atomic mass is 9.78. The second kappa shape index (κ2) is 8.20. The summed E-state index contributed by atoms with van der Waals surface area (Å²) in [6.45, 7) is 7.82. The first-order chi connectivity index (χ1) is 15.4. The topological polar surface area (TPSA) is 111 Å². The molecule has 1 unspecified atom stereocenters. The normalized spacial score (nSPS) is 17.0. The van der Waals surface area contributed by atoms with E-state index in [4.69, 9.17) is 17.3 Å². The largest absolute Gasteiger partial charge is 0.383 e. The highest BCUT2D eigenvalue weighted by atomic mass is 35.5. The van der Waals surface area contributed by atoms with E-state index in [2.05, 4.69) is 25.3 Å². The van der Waals surface area contributed by atoms with Crippen molar-refractivity contribution >= 4 is 34.8 Å². The predicted molar refractivity (Wildman–Crippen MR) is 126 cm³/mol. The number of amides is 1. The molecule has 1 aromatic carbocycles. The first kappa shape index (κ1) is 21.7. The Hall–Kier alpha value is -3.52. The fraction of sp³-hybridized carbons (Fsp3) is 0.261. The third-order valence-electron chi connectivity index (χ3n) is 5.55. The number of hydrogen-bond acceptors (Lipinski definition) is 6. The molecular weight excluding hydrogens is 426 g/mol. The predicted octanol–water partition coefficient (Wildman–Crippen LogP) is 4.27. The number of carbonyl (C=O) groups excluding carboxylic acids is 1. The number of rotatable bonds is 3. The number of nitrogens with one attached hydrogen (secondary N) is 1. The van der Waals surface area contributed by atoms with Crippen molar-refractivity contribution in [2.75, 3.05) is 11.1 Å². The number of nitrogen functional groups attached to an aromatic ring is 1. The fourth-order valence-electron chi connectivity index (χ4n) is 3.92. The minimum Gasteiger partial charge on any atom is -0.383 e. The monoisotopic (exact) mass is 449 g/mol.